The highest BCUT2D eigenvalue weighted by Gasteiger charge is 2.48. The lowest BCUT2D eigenvalue weighted by molar-refractivity contribution is -0.117. The first-order valence-electron chi connectivity index (χ1n) is 11.1. The molecule has 6 rings (SSSR count). The van der Waals surface area contributed by atoms with Gasteiger partial charge in [-0.05, 0) is 30.3 Å². The lowest BCUT2D eigenvalue weighted by Gasteiger charge is -2.40. The Morgan fingerprint density at radius 3 is 2.47 bits per heavy atom. The standard InChI is InChI=1S/C26H21N3O5/c30-23(27-16-10-11-21-22(14-16)34-13-5-12-33-21)15-28-24-17-6-1-2-7-18(17)26(32)29(24)20-9-4-3-8-19(20)25(28)31/h1-4,6-11,14,24H,5,12-13,15H2,(H,27,30)/t24-/m0/s1. The van der Waals surface area contributed by atoms with Crippen LogP contribution in [0.4, 0.5) is 11.4 Å². The van der Waals surface area contributed by atoms with Crippen molar-refractivity contribution in [1.82, 2.24) is 4.90 Å². The quantitative estimate of drug-likeness (QED) is 0.652. The van der Waals surface area contributed by atoms with Crippen molar-refractivity contribution in [3.8, 4) is 11.5 Å². The van der Waals surface area contributed by atoms with E-state index in [0.717, 1.165) is 6.42 Å². The number of rotatable bonds is 3. The minimum atomic E-state index is -0.680. The molecule has 0 radical (unpaired) electrons. The van der Waals surface area contributed by atoms with Gasteiger partial charge in [-0.3, -0.25) is 19.3 Å². The highest BCUT2D eigenvalue weighted by molar-refractivity contribution is 6.17. The summed E-state index contributed by atoms with van der Waals surface area (Å²) < 4.78 is 11.3. The summed E-state index contributed by atoms with van der Waals surface area (Å²) in [5.74, 6) is 0.345. The lowest BCUT2D eigenvalue weighted by atomic mass is 10.0. The molecule has 34 heavy (non-hydrogen) atoms. The predicted molar refractivity (Wildman–Crippen MR) is 124 cm³/mol. The molecule has 3 amide bonds. The number of nitrogens with zero attached hydrogens (tertiary/aromatic N) is 2. The molecule has 1 N–H and O–H groups in total. The molecule has 3 heterocycles. The minimum Gasteiger partial charge on any atom is -0.490 e. The number of carbonyl (C=O) groups excluding carboxylic acids is 3. The van der Waals surface area contributed by atoms with Gasteiger partial charge in [0.2, 0.25) is 5.91 Å². The van der Waals surface area contributed by atoms with Crippen LogP contribution < -0.4 is 19.7 Å². The van der Waals surface area contributed by atoms with E-state index in [4.69, 9.17) is 9.47 Å². The lowest BCUT2D eigenvalue weighted by Crippen LogP contribution is -2.50. The van der Waals surface area contributed by atoms with Crippen molar-refractivity contribution in [3.63, 3.8) is 0 Å². The molecule has 3 aromatic carbocycles. The van der Waals surface area contributed by atoms with Crippen LogP contribution in [0.1, 0.15) is 38.9 Å². The molecule has 0 unspecified atom stereocenters. The molecule has 0 aliphatic carbocycles. The van der Waals surface area contributed by atoms with E-state index < -0.39 is 6.17 Å². The van der Waals surface area contributed by atoms with E-state index in [-0.39, 0.29) is 24.3 Å². The molecule has 8 heteroatoms. The van der Waals surface area contributed by atoms with Gasteiger partial charge in [-0.1, -0.05) is 30.3 Å². The van der Waals surface area contributed by atoms with Gasteiger partial charge in [0.25, 0.3) is 11.8 Å². The van der Waals surface area contributed by atoms with Gasteiger partial charge < -0.3 is 19.7 Å². The van der Waals surface area contributed by atoms with Crippen LogP contribution in [0.25, 0.3) is 0 Å². The van der Waals surface area contributed by atoms with Crippen LogP contribution in [0, 0.1) is 0 Å². The number of fused-ring (bicyclic) bond motifs is 6. The molecule has 0 spiro atoms. The molecule has 3 aliphatic rings. The highest BCUT2D eigenvalue weighted by atomic mass is 16.5. The first-order valence-corrected chi connectivity index (χ1v) is 11.1. The van der Waals surface area contributed by atoms with E-state index in [1.165, 1.54) is 4.90 Å². The zero-order valence-electron chi connectivity index (χ0n) is 18.2. The summed E-state index contributed by atoms with van der Waals surface area (Å²) in [6.45, 7) is 0.900. The van der Waals surface area contributed by atoms with Crippen LogP contribution in [0.3, 0.4) is 0 Å². The Labute approximate surface area is 195 Å². The van der Waals surface area contributed by atoms with Crippen LogP contribution in [0.5, 0.6) is 11.5 Å². The summed E-state index contributed by atoms with van der Waals surface area (Å²) in [4.78, 5) is 42.8. The Balaban J connectivity index is 1.31. The van der Waals surface area contributed by atoms with Gasteiger partial charge in [0.1, 0.15) is 12.7 Å². The van der Waals surface area contributed by atoms with Gasteiger partial charge in [0.05, 0.1) is 24.5 Å². The normalized spacial score (nSPS) is 18.1. The number of hydrogen-bond donors (Lipinski definition) is 1. The summed E-state index contributed by atoms with van der Waals surface area (Å²) in [7, 11) is 0. The number of carbonyl (C=O) groups is 3. The van der Waals surface area contributed by atoms with Gasteiger partial charge in [0.15, 0.2) is 11.5 Å². The summed E-state index contributed by atoms with van der Waals surface area (Å²) in [5.41, 5.74) is 2.73. The zero-order valence-corrected chi connectivity index (χ0v) is 18.2. The number of benzene rings is 3. The van der Waals surface area contributed by atoms with E-state index in [1.54, 1.807) is 59.5 Å². The van der Waals surface area contributed by atoms with Crippen molar-refractivity contribution >= 4 is 29.1 Å². The van der Waals surface area contributed by atoms with E-state index in [2.05, 4.69) is 5.32 Å². The van der Waals surface area contributed by atoms with E-state index in [1.807, 2.05) is 12.1 Å². The number of ether oxygens (including phenoxy) is 2. The number of amides is 3. The molecule has 8 nitrogen and oxygen atoms in total. The smallest absolute Gasteiger partial charge is 0.260 e. The van der Waals surface area contributed by atoms with Crippen LogP contribution in [-0.4, -0.2) is 42.4 Å². The monoisotopic (exact) mass is 455 g/mol. The van der Waals surface area contributed by atoms with E-state index in [0.29, 0.717) is 52.8 Å². The van der Waals surface area contributed by atoms with Crippen LogP contribution in [0.2, 0.25) is 0 Å². The molecule has 1 atom stereocenters. The van der Waals surface area contributed by atoms with Gasteiger partial charge in [-0.25, -0.2) is 0 Å². The van der Waals surface area contributed by atoms with Gasteiger partial charge in [0, 0.05) is 29.3 Å². The number of para-hydroxylation sites is 1. The number of nitrogens with one attached hydrogen (secondary N) is 1. The van der Waals surface area contributed by atoms with E-state index >= 15 is 0 Å². The molecule has 0 bridgehead atoms. The third-order valence-electron chi connectivity index (χ3n) is 6.23. The van der Waals surface area contributed by atoms with Crippen LogP contribution in [-0.2, 0) is 4.79 Å². The van der Waals surface area contributed by atoms with Crippen molar-refractivity contribution in [1.29, 1.82) is 0 Å². The second-order valence-corrected chi connectivity index (χ2v) is 8.35. The van der Waals surface area contributed by atoms with Crippen LogP contribution >= 0.6 is 0 Å². The molecular formula is C26H21N3O5. The highest BCUT2D eigenvalue weighted by Crippen LogP contribution is 2.45. The van der Waals surface area contributed by atoms with Gasteiger partial charge in [-0.15, -0.1) is 0 Å². The fraction of sp³-hybridized carbons (Fsp3) is 0.192. The number of hydrogen-bond acceptors (Lipinski definition) is 5. The average Bonchev–Trinajstić information content (AvgIpc) is 2.99. The maximum absolute atomic E-state index is 13.5. The Kier molecular flexibility index (Phi) is 4.72. The molecule has 0 saturated heterocycles. The van der Waals surface area contributed by atoms with Crippen molar-refractivity contribution < 1.29 is 23.9 Å². The van der Waals surface area contributed by atoms with Crippen molar-refractivity contribution in [2.75, 3.05) is 30.0 Å². The Morgan fingerprint density at radius 2 is 1.62 bits per heavy atom. The summed E-state index contributed by atoms with van der Waals surface area (Å²) in [6, 6.07) is 19.4. The van der Waals surface area contributed by atoms with E-state index in [9.17, 15) is 14.4 Å². The summed E-state index contributed by atoms with van der Waals surface area (Å²) in [5, 5.41) is 2.85. The zero-order chi connectivity index (χ0) is 23.2. The fourth-order valence-corrected chi connectivity index (χ4v) is 4.73. The molecule has 3 aromatic rings. The number of anilines is 2. The molecule has 0 aromatic heterocycles. The summed E-state index contributed by atoms with van der Waals surface area (Å²) in [6.07, 6.45) is 0.105. The SMILES string of the molecule is O=C(CN1C(=O)c2ccccc2N2C(=O)c3ccccc3[C@@H]12)Nc1ccc2c(c1)OCCCO2. The second-order valence-electron chi connectivity index (χ2n) is 8.35. The first-order chi connectivity index (χ1) is 16.6. The summed E-state index contributed by atoms with van der Waals surface area (Å²) >= 11 is 0. The van der Waals surface area contributed by atoms with Crippen molar-refractivity contribution in [2.24, 2.45) is 0 Å². The van der Waals surface area contributed by atoms with Gasteiger partial charge in [-0.2, -0.15) is 0 Å². The Morgan fingerprint density at radius 1 is 0.882 bits per heavy atom. The third kappa shape index (κ3) is 3.18. The first kappa shape index (κ1) is 20.3. The largest absolute Gasteiger partial charge is 0.490 e. The van der Waals surface area contributed by atoms with Crippen molar-refractivity contribution in [2.45, 2.75) is 12.6 Å². The van der Waals surface area contributed by atoms with Crippen molar-refractivity contribution in [3.05, 3.63) is 83.4 Å². The maximum atomic E-state index is 13.5. The van der Waals surface area contributed by atoms with Gasteiger partial charge >= 0.3 is 0 Å². The fourth-order valence-electron chi connectivity index (χ4n) is 4.73. The minimum absolute atomic E-state index is 0.186. The maximum Gasteiger partial charge on any atom is 0.260 e. The Hall–Kier alpha value is -4.33. The predicted octanol–water partition coefficient (Wildman–Crippen LogP) is 3.60. The molecule has 0 saturated carbocycles. The van der Waals surface area contributed by atoms with Crippen LogP contribution in [0.15, 0.2) is 66.7 Å². The topological polar surface area (TPSA) is 88.2 Å². The third-order valence-corrected chi connectivity index (χ3v) is 6.23. The average molecular weight is 455 g/mol. The Bertz CT molecular complexity index is 1340. The second kappa shape index (κ2) is 7.91. The molecular weight excluding hydrogens is 434 g/mol. The molecule has 3 aliphatic heterocycles. The molecule has 0 fully saturated rings. The molecule has 170 valence electrons.